The number of primary amides is 1. The molecule has 1 saturated heterocycles. The molecule has 1 aromatic carbocycles. The number of halogens is 1. The topological polar surface area (TPSA) is 61.6 Å². The molecule has 0 aliphatic carbocycles. The van der Waals surface area contributed by atoms with Crippen molar-refractivity contribution in [2.75, 3.05) is 6.61 Å². The molecule has 0 aromatic heterocycles. The maximum Gasteiger partial charge on any atom is 0.247 e. The molecule has 0 spiro atoms. The molecule has 1 fully saturated rings. The molecule has 2 unspecified atom stereocenters. The van der Waals surface area contributed by atoms with Gasteiger partial charge in [0.05, 0.1) is 6.61 Å². The second kappa shape index (κ2) is 4.49. The van der Waals surface area contributed by atoms with Gasteiger partial charge in [0.2, 0.25) is 5.91 Å². The van der Waals surface area contributed by atoms with Gasteiger partial charge in [-0.1, -0.05) is 0 Å². The maximum absolute atomic E-state index is 12.6. The summed E-state index contributed by atoms with van der Waals surface area (Å²) >= 11 is 0. The van der Waals surface area contributed by atoms with Gasteiger partial charge in [0.15, 0.2) is 0 Å². The number of carbonyl (C=O) groups is 1. The molecule has 2 N–H and O–H groups in total. The fourth-order valence-electron chi connectivity index (χ4n) is 1.44. The molecule has 1 aliphatic rings. The van der Waals surface area contributed by atoms with E-state index in [0.29, 0.717) is 5.75 Å². The number of hydrogen-bond acceptors (Lipinski definition) is 3. The Kier molecular flexibility index (Phi) is 3.05. The quantitative estimate of drug-likeness (QED) is 0.820. The molecule has 2 rings (SSSR count). The molecule has 0 bridgehead atoms. The predicted octanol–water partition coefficient (Wildman–Crippen LogP) is 0.661. The van der Waals surface area contributed by atoms with Gasteiger partial charge in [0.1, 0.15) is 23.8 Å². The van der Waals surface area contributed by atoms with Crippen LogP contribution in [0.1, 0.15) is 0 Å². The van der Waals surface area contributed by atoms with Gasteiger partial charge in [-0.2, -0.15) is 0 Å². The lowest BCUT2D eigenvalue weighted by atomic mass is 10.2. The predicted molar refractivity (Wildman–Crippen MR) is 54.1 cm³/mol. The standard InChI is InChI=1S/C11H11FNO3/c12-7-1-3-8(4-2-7)16-9-5-10(11(13)14)15-6-9/h1-5,9-10H,6H2,(H2,13,14). The van der Waals surface area contributed by atoms with Crippen LogP contribution in [0, 0.1) is 12.2 Å². The van der Waals surface area contributed by atoms with Crippen molar-refractivity contribution < 1.29 is 18.7 Å². The van der Waals surface area contributed by atoms with Gasteiger partial charge >= 0.3 is 0 Å². The van der Waals surface area contributed by atoms with Crippen molar-refractivity contribution >= 4 is 5.91 Å². The normalized spacial score (nSPS) is 24.3. The molecular weight excluding hydrogens is 213 g/mol. The zero-order valence-corrected chi connectivity index (χ0v) is 8.43. The summed E-state index contributed by atoms with van der Waals surface area (Å²) in [6, 6.07) is 5.63. The van der Waals surface area contributed by atoms with Crippen molar-refractivity contribution in [1.29, 1.82) is 0 Å². The van der Waals surface area contributed by atoms with E-state index in [0.717, 1.165) is 0 Å². The monoisotopic (exact) mass is 224 g/mol. The van der Waals surface area contributed by atoms with Crippen molar-refractivity contribution in [3.05, 3.63) is 36.5 Å². The Labute approximate surface area is 92.1 Å². The third-order valence-electron chi connectivity index (χ3n) is 2.21. The van der Waals surface area contributed by atoms with Crippen LogP contribution in [-0.4, -0.2) is 24.7 Å². The molecule has 1 amide bonds. The van der Waals surface area contributed by atoms with Crippen LogP contribution in [0.4, 0.5) is 4.39 Å². The average molecular weight is 224 g/mol. The summed E-state index contributed by atoms with van der Waals surface area (Å²) in [7, 11) is 0. The minimum atomic E-state index is -0.703. The number of carbonyl (C=O) groups excluding carboxylic acids is 1. The van der Waals surface area contributed by atoms with Gasteiger partial charge in [-0.25, -0.2) is 4.39 Å². The third kappa shape index (κ3) is 2.49. The van der Waals surface area contributed by atoms with Crippen LogP contribution in [0.2, 0.25) is 0 Å². The van der Waals surface area contributed by atoms with Crippen LogP contribution < -0.4 is 10.5 Å². The fourth-order valence-corrected chi connectivity index (χ4v) is 1.44. The summed E-state index contributed by atoms with van der Waals surface area (Å²) in [5, 5.41) is 0. The fraction of sp³-hybridized carbons (Fsp3) is 0.273. The number of nitrogens with two attached hydrogens (primary N) is 1. The molecule has 0 saturated carbocycles. The zero-order valence-electron chi connectivity index (χ0n) is 8.43. The lowest BCUT2D eigenvalue weighted by Crippen LogP contribution is -2.28. The van der Waals surface area contributed by atoms with E-state index in [1.807, 2.05) is 0 Å². The number of ether oxygens (including phenoxy) is 2. The summed E-state index contributed by atoms with van der Waals surface area (Å²) in [4.78, 5) is 10.8. The van der Waals surface area contributed by atoms with E-state index in [4.69, 9.17) is 15.2 Å². The van der Waals surface area contributed by atoms with Crippen LogP contribution in [0.25, 0.3) is 0 Å². The van der Waals surface area contributed by atoms with E-state index < -0.39 is 12.0 Å². The Morgan fingerprint density at radius 2 is 2.12 bits per heavy atom. The first-order valence-corrected chi connectivity index (χ1v) is 4.83. The highest BCUT2D eigenvalue weighted by Crippen LogP contribution is 2.19. The number of rotatable bonds is 3. The van der Waals surface area contributed by atoms with E-state index in [2.05, 4.69) is 0 Å². The zero-order chi connectivity index (χ0) is 11.5. The summed E-state index contributed by atoms with van der Waals surface area (Å²) in [6.45, 7) is 0.269. The Bertz CT molecular complexity index is 379. The molecule has 4 nitrogen and oxygen atoms in total. The molecule has 5 heteroatoms. The Hall–Kier alpha value is -1.62. The Morgan fingerprint density at radius 3 is 2.69 bits per heavy atom. The minimum Gasteiger partial charge on any atom is -0.488 e. The van der Waals surface area contributed by atoms with Gasteiger partial charge in [0, 0.05) is 6.42 Å². The van der Waals surface area contributed by atoms with Crippen molar-refractivity contribution in [3.63, 3.8) is 0 Å². The van der Waals surface area contributed by atoms with Crippen molar-refractivity contribution in [1.82, 2.24) is 0 Å². The molecular formula is C11H11FNO3. The van der Waals surface area contributed by atoms with Crippen molar-refractivity contribution in [2.24, 2.45) is 5.73 Å². The molecule has 16 heavy (non-hydrogen) atoms. The van der Waals surface area contributed by atoms with Crippen molar-refractivity contribution in [3.8, 4) is 5.75 Å². The van der Waals surface area contributed by atoms with E-state index in [9.17, 15) is 9.18 Å². The maximum atomic E-state index is 12.6. The number of amides is 1. The molecule has 1 aromatic rings. The van der Waals surface area contributed by atoms with Crippen LogP contribution in [0.3, 0.4) is 0 Å². The van der Waals surface area contributed by atoms with Crippen LogP contribution in [-0.2, 0) is 9.53 Å². The van der Waals surface area contributed by atoms with Crippen LogP contribution >= 0.6 is 0 Å². The molecule has 1 aliphatic heterocycles. The largest absolute Gasteiger partial charge is 0.488 e. The SMILES string of the molecule is NC(=O)C1[CH]C(Oc2ccc(F)cc2)CO1. The summed E-state index contributed by atoms with van der Waals surface area (Å²) < 4.78 is 23.2. The average Bonchev–Trinajstić information content (AvgIpc) is 2.70. The first kappa shape index (κ1) is 10.9. The first-order chi connectivity index (χ1) is 7.65. The van der Waals surface area contributed by atoms with Gasteiger partial charge in [-0.15, -0.1) is 0 Å². The number of hydrogen-bond donors (Lipinski definition) is 1. The molecule has 2 atom stereocenters. The van der Waals surface area contributed by atoms with Crippen LogP contribution in [0.15, 0.2) is 24.3 Å². The Balaban J connectivity index is 1.92. The lowest BCUT2D eigenvalue weighted by Gasteiger charge is -2.11. The summed E-state index contributed by atoms with van der Waals surface area (Å²) in [6.07, 6.45) is 0.555. The molecule has 85 valence electrons. The summed E-state index contributed by atoms with van der Waals surface area (Å²) in [5.41, 5.74) is 5.07. The highest BCUT2D eigenvalue weighted by atomic mass is 19.1. The van der Waals surface area contributed by atoms with Gasteiger partial charge in [-0.05, 0) is 24.3 Å². The first-order valence-electron chi connectivity index (χ1n) is 4.83. The number of benzene rings is 1. The second-order valence-electron chi connectivity index (χ2n) is 3.46. The highest BCUT2D eigenvalue weighted by Gasteiger charge is 2.31. The van der Waals surface area contributed by atoms with Crippen molar-refractivity contribution in [2.45, 2.75) is 12.2 Å². The van der Waals surface area contributed by atoms with E-state index in [1.165, 1.54) is 24.3 Å². The van der Waals surface area contributed by atoms with E-state index >= 15 is 0 Å². The van der Waals surface area contributed by atoms with Crippen LogP contribution in [0.5, 0.6) is 5.75 Å². The Morgan fingerprint density at radius 1 is 1.44 bits per heavy atom. The smallest absolute Gasteiger partial charge is 0.247 e. The second-order valence-corrected chi connectivity index (χ2v) is 3.46. The molecule has 1 radical (unpaired) electrons. The summed E-state index contributed by atoms with van der Waals surface area (Å²) in [5.74, 6) is -0.337. The highest BCUT2D eigenvalue weighted by molar-refractivity contribution is 5.80. The lowest BCUT2D eigenvalue weighted by molar-refractivity contribution is -0.125. The minimum absolute atomic E-state index is 0.269. The van der Waals surface area contributed by atoms with E-state index in [1.54, 1.807) is 6.42 Å². The van der Waals surface area contributed by atoms with E-state index in [-0.39, 0.29) is 18.5 Å². The van der Waals surface area contributed by atoms with Gasteiger partial charge in [-0.3, -0.25) is 4.79 Å². The third-order valence-corrected chi connectivity index (χ3v) is 2.21. The van der Waals surface area contributed by atoms with Gasteiger partial charge in [0.25, 0.3) is 0 Å². The van der Waals surface area contributed by atoms with Gasteiger partial charge < -0.3 is 15.2 Å². The molecule has 1 heterocycles.